The molecule has 0 bridgehead atoms. The van der Waals surface area contributed by atoms with Crippen molar-refractivity contribution in [1.82, 2.24) is 0 Å². The summed E-state index contributed by atoms with van der Waals surface area (Å²) in [7, 11) is -3.97. The topological polar surface area (TPSA) is 72.8 Å². The van der Waals surface area contributed by atoms with E-state index in [-0.39, 0.29) is 10.7 Å². The molecular formula is C16H17NO4S. The number of hydrogen-bond donors (Lipinski definition) is 0. The van der Waals surface area contributed by atoms with Crippen molar-refractivity contribution in [2.24, 2.45) is 5.16 Å². The van der Waals surface area contributed by atoms with E-state index in [2.05, 4.69) is 5.16 Å². The van der Waals surface area contributed by atoms with Gasteiger partial charge in [0.05, 0.1) is 0 Å². The fraction of sp³-hybridized carbons (Fsp3) is 0.250. The van der Waals surface area contributed by atoms with Crippen LogP contribution in [0.15, 0.2) is 58.1 Å². The molecule has 0 saturated heterocycles. The van der Waals surface area contributed by atoms with E-state index in [4.69, 9.17) is 4.28 Å². The van der Waals surface area contributed by atoms with Gasteiger partial charge in [-0.25, -0.2) is 0 Å². The molecule has 1 aromatic rings. The number of carbonyl (C=O) groups excluding carboxylic acids is 1. The maximum absolute atomic E-state index is 12.1. The smallest absolute Gasteiger partial charge is 0.290 e. The molecule has 0 saturated carbocycles. The molecular weight excluding hydrogens is 302 g/mol. The van der Waals surface area contributed by atoms with Gasteiger partial charge in [-0.15, -0.1) is 0 Å². The van der Waals surface area contributed by atoms with Crippen LogP contribution in [0, 0.1) is 0 Å². The molecule has 0 amide bonds. The Labute approximate surface area is 130 Å². The Morgan fingerprint density at radius 2 is 1.73 bits per heavy atom. The molecule has 0 fully saturated rings. The van der Waals surface area contributed by atoms with Crippen molar-refractivity contribution in [1.29, 1.82) is 0 Å². The van der Waals surface area contributed by atoms with E-state index in [1.165, 1.54) is 30.4 Å². The van der Waals surface area contributed by atoms with E-state index in [0.29, 0.717) is 17.2 Å². The van der Waals surface area contributed by atoms with Gasteiger partial charge in [-0.2, -0.15) is 8.42 Å². The van der Waals surface area contributed by atoms with Gasteiger partial charge in [0, 0.05) is 0 Å². The first-order chi connectivity index (χ1) is 10.3. The van der Waals surface area contributed by atoms with E-state index in [9.17, 15) is 13.2 Å². The van der Waals surface area contributed by atoms with Crippen LogP contribution in [-0.4, -0.2) is 19.9 Å². The highest BCUT2D eigenvalue weighted by Gasteiger charge is 2.17. The predicted octanol–water partition coefficient (Wildman–Crippen LogP) is 2.96. The molecule has 1 aromatic carbocycles. The van der Waals surface area contributed by atoms with Crippen LogP contribution in [0.1, 0.15) is 32.3 Å². The lowest BCUT2D eigenvalue weighted by atomic mass is 10.0. The van der Waals surface area contributed by atoms with Gasteiger partial charge < -0.3 is 0 Å². The zero-order valence-electron chi connectivity index (χ0n) is 12.6. The average molecular weight is 319 g/mol. The first kappa shape index (κ1) is 16.2. The monoisotopic (exact) mass is 319 g/mol. The Morgan fingerprint density at radius 3 is 2.27 bits per heavy atom. The van der Waals surface area contributed by atoms with Crippen LogP contribution in [-0.2, 0) is 19.2 Å². The molecule has 0 aromatic heterocycles. The van der Waals surface area contributed by atoms with E-state index in [0.717, 1.165) is 5.56 Å². The minimum absolute atomic E-state index is 0.0405. The van der Waals surface area contributed by atoms with Crippen LogP contribution in [0.5, 0.6) is 0 Å². The van der Waals surface area contributed by atoms with Gasteiger partial charge in [0.1, 0.15) is 10.6 Å². The minimum Gasteiger partial charge on any atom is -0.290 e. The summed E-state index contributed by atoms with van der Waals surface area (Å²) in [5.41, 5.74) is 1.90. The summed E-state index contributed by atoms with van der Waals surface area (Å²) in [6.45, 7) is 5.71. The number of nitrogens with zero attached hydrogens (tertiary/aromatic N) is 1. The third kappa shape index (κ3) is 3.71. The minimum atomic E-state index is -3.97. The van der Waals surface area contributed by atoms with E-state index in [1.54, 1.807) is 19.1 Å². The molecule has 0 unspecified atom stereocenters. The van der Waals surface area contributed by atoms with Crippen LogP contribution >= 0.6 is 0 Å². The molecule has 0 radical (unpaired) electrons. The lowest BCUT2D eigenvalue weighted by molar-refractivity contribution is -0.110. The lowest BCUT2D eigenvalue weighted by Crippen LogP contribution is -2.09. The van der Waals surface area contributed by atoms with Gasteiger partial charge >= 0.3 is 10.1 Å². The number of rotatable bonds is 4. The summed E-state index contributed by atoms with van der Waals surface area (Å²) in [4.78, 5) is 11.2. The highest BCUT2D eigenvalue weighted by atomic mass is 32.2. The van der Waals surface area contributed by atoms with Gasteiger partial charge in [-0.1, -0.05) is 31.1 Å². The van der Waals surface area contributed by atoms with Gasteiger partial charge in [-0.3, -0.25) is 9.08 Å². The summed E-state index contributed by atoms with van der Waals surface area (Å²) in [5.74, 6) is 0.152. The van der Waals surface area contributed by atoms with Crippen molar-refractivity contribution in [3.05, 3.63) is 53.6 Å². The van der Waals surface area contributed by atoms with Crippen LogP contribution < -0.4 is 0 Å². The van der Waals surface area contributed by atoms with E-state index < -0.39 is 10.1 Å². The fourth-order valence-electron chi connectivity index (χ4n) is 1.88. The van der Waals surface area contributed by atoms with Crippen LogP contribution in [0.25, 0.3) is 0 Å². The van der Waals surface area contributed by atoms with Crippen molar-refractivity contribution >= 4 is 21.6 Å². The SMILES string of the molecule is CC1=CC(=O)C=C/C1=N/OS(=O)(=O)c1ccc(C(C)C)cc1. The molecule has 5 nitrogen and oxygen atoms in total. The summed E-state index contributed by atoms with van der Waals surface area (Å²) in [6, 6.07) is 6.48. The first-order valence-corrected chi connectivity index (χ1v) is 8.23. The third-order valence-corrected chi connectivity index (χ3v) is 4.36. The molecule has 0 N–H and O–H groups in total. The van der Waals surface area contributed by atoms with Crippen molar-refractivity contribution in [3.63, 3.8) is 0 Å². The summed E-state index contributed by atoms with van der Waals surface area (Å²) < 4.78 is 28.9. The van der Waals surface area contributed by atoms with E-state index in [1.807, 2.05) is 13.8 Å². The summed E-state index contributed by atoms with van der Waals surface area (Å²) in [6.07, 6.45) is 4.10. The standard InChI is InChI=1S/C16H17NO4S/c1-11(2)13-4-7-15(8-5-13)22(19,20)21-17-16-9-6-14(18)10-12(16)3/h4-11H,1-3H3/b17-16-. The number of carbonyl (C=O) groups is 1. The van der Waals surface area contributed by atoms with Crippen molar-refractivity contribution in [3.8, 4) is 0 Å². The van der Waals surface area contributed by atoms with Gasteiger partial charge in [0.15, 0.2) is 5.78 Å². The maximum Gasteiger partial charge on any atom is 0.358 e. The Morgan fingerprint density at radius 1 is 1.09 bits per heavy atom. The molecule has 0 spiro atoms. The molecule has 0 atom stereocenters. The van der Waals surface area contributed by atoms with Gasteiger partial charge in [0.25, 0.3) is 0 Å². The fourth-order valence-corrected chi connectivity index (χ4v) is 2.62. The van der Waals surface area contributed by atoms with Crippen LogP contribution in [0.3, 0.4) is 0 Å². The van der Waals surface area contributed by atoms with Crippen molar-refractivity contribution in [2.75, 3.05) is 0 Å². The molecule has 1 aliphatic carbocycles. The number of hydrogen-bond acceptors (Lipinski definition) is 5. The Bertz CT molecular complexity index is 769. The Balaban J connectivity index is 2.20. The molecule has 116 valence electrons. The van der Waals surface area contributed by atoms with Gasteiger partial charge in [-0.05, 0) is 54.3 Å². The van der Waals surface area contributed by atoms with Crippen LogP contribution in [0.2, 0.25) is 0 Å². The van der Waals surface area contributed by atoms with Crippen molar-refractivity contribution < 1.29 is 17.5 Å². The molecule has 1 aliphatic rings. The molecule has 0 aliphatic heterocycles. The molecule has 2 rings (SSSR count). The summed E-state index contributed by atoms with van der Waals surface area (Å²) in [5, 5.41) is 3.63. The average Bonchev–Trinajstić information content (AvgIpc) is 2.46. The number of ketones is 1. The summed E-state index contributed by atoms with van der Waals surface area (Å²) >= 11 is 0. The second-order valence-corrected chi connectivity index (χ2v) is 6.82. The van der Waals surface area contributed by atoms with Crippen LogP contribution in [0.4, 0.5) is 0 Å². The number of oxime groups is 1. The first-order valence-electron chi connectivity index (χ1n) is 6.82. The molecule has 22 heavy (non-hydrogen) atoms. The molecule has 0 heterocycles. The third-order valence-electron chi connectivity index (χ3n) is 3.24. The Kier molecular flexibility index (Phi) is 4.61. The molecule has 6 heteroatoms. The second-order valence-electron chi connectivity index (χ2n) is 5.29. The highest BCUT2D eigenvalue weighted by Crippen LogP contribution is 2.19. The van der Waals surface area contributed by atoms with Crippen molar-refractivity contribution in [2.45, 2.75) is 31.6 Å². The zero-order chi connectivity index (χ0) is 16.3. The Hall–Kier alpha value is -2.21. The lowest BCUT2D eigenvalue weighted by Gasteiger charge is -2.08. The second kappa shape index (κ2) is 6.27. The number of allylic oxidation sites excluding steroid dienone is 4. The largest absolute Gasteiger partial charge is 0.358 e. The number of benzene rings is 1. The zero-order valence-corrected chi connectivity index (χ0v) is 13.4. The van der Waals surface area contributed by atoms with E-state index >= 15 is 0 Å². The maximum atomic E-state index is 12.1. The normalized spacial score (nSPS) is 17.0. The highest BCUT2D eigenvalue weighted by molar-refractivity contribution is 7.86. The quantitative estimate of drug-likeness (QED) is 0.632. The predicted molar refractivity (Wildman–Crippen MR) is 84.1 cm³/mol. The van der Waals surface area contributed by atoms with Gasteiger partial charge in [0.2, 0.25) is 0 Å².